The van der Waals surface area contributed by atoms with Crippen molar-refractivity contribution in [2.45, 2.75) is 17.3 Å². The zero-order chi connectivity index (χ0) is 20.4. The molecule has 0 aliphatic carbocycles. The first-order valence-electron chi connectivity index (χ1n) is 8.89. The van der Waals surface area contributed by atoms with Gasteiger partial charge in [0.1, 0.15) is 17.3 Å². The van der Waals surface area contributed by atoms with Gasteiger partial charge in [0.15, 0.2) is 5.82 Å². The molecule has 2 aromatic heterocycles. The van der Waals surface area contributed by atoms with Gasteiger partial charge in [-0.05, 0) is 31.2 Å². The van der Waals surface area contributed by atoms with Gasteiger partial charge < -0.3 is 14.5 Å². The van der Waals surface area contributed by atoms with Crippen LogP contribution in [0.25, 0.3) is 22.3 Å². The number of benzene rings is 2. The molecule has 0 aliphatic heterocycles. The van der Waals surface area contributed by atoms with Gasteiger partial charge in [0, 0.05) is 6.07 Å². The van der Waals surface area contributed by atoms with Crippen molar-refractivity contribution in [2.24, 2.45) is 0 Å². The van der Waals surface area contributed by atoms with Crippen LogP contribution in [0.15, 0.2) is 52.4 Å². The number of ether oxygens (including phenoxy) is 2. The molecule has 148 valence electrons. The minimum Gasteiger partial charge on any atom is -0.497 e. The van der Waals surface area contributed by atoms with Crippen LogP contribution in [0.2, 0.25) is 0 Å². The second-order valence-corrected chi connectivity index (χ2v) is 7.57. The lowest BCUT2D eigenvalue weighted by Crippen LogP contribution is -2.12. The Morgan fingerprint density at radius 1 is 1.07 bits per heavy atom. The maximum absolute atomic E-state index is 12.3. The molecule has 2 aromatic carbocycles. The van der Waals surface area contributed by atoms with E-state index in [0.29, 0.717) is 39.2 Å². The van der Waals surface area contributed by atoms with Gasteiger partial charge in [0.2, 0.25) is 5.16 Å². The molecule has 0 aliphatic rings. The van der Waals surface area contributed by atoms with Crippen molar-refractivity contribution in [1.82, 2.24) is 25.1 Å². The fraction of sp³-hybridized carbons (Fsp3) is 0.200. The summed E-state index contributed by atoms with van der Waals surface area (Å²) in [5.74, 6) is 2.48. The summed E-state index contributed by atoms with van der Waals surface area (Å²) in [6.07, 6.45) is 0. The second-order valence-electron chi connectivity index (χ2n) is 6.26. The van der Waals surface area contributed by atoms with Gasteiger partial charge in [0.25, 0.3) is 5.56 Å². The number of aromatic amines is 2. The monoisotopic (exact) mass is 409 g/mol. The van der Waals surface area contributed by atoms with Crippen LogP contribution in [0.3, 0.4) is 0 Å². The Hall–Kier alpha value is -3.33. The zero-order valence-corrected chi connectivity index (χ0v) is 16.9. The van der Waals surface area contributed by atoms with E-state index in [1.54, 1.807) is 26.4 Å². The van der Waals surface area contributed by atoms with Crippen molar-refractivity contribution >= 4 is 22.7 Å². The molecule has 0 amide bonds. The standard InChI is InChI=1S/C20H19N5O3S/c1-11(17-21-15-7-5-4-6-13(15)19(26)22-17)29-20-23-18(24-25-20)14-9-8-12(27-2)10-16(14)28-3/h4-11H,1-3H3,(H,21,22,26)(H,23,24,25). The van der Waals surface area contributed by atoms with Crippen LogP contribution in [0, 0.1) is 0 Å². The minimum absolute atomic E-state index is 0.145. The van der Waals surface area contributed by atoms with Crippen LogP contribution in [-0.4, -0.2) is 39.4 Å². The Labute approximate surface area is 170 Å². The molecule has 2 N–H and O–H groups in total. The zero-order valence-electron chi connectivity index (χ0n) is 16.1. The summed E-state index contributed by atoms with van der Waals surface area (Å²) in [6, 6.07) is 12.7. The van der Waals surface area contributed by atoms with E-state index < -0.39 is 0 Å². The fourth-order valence-electron chi connectivity index (χ4n) is 2.92. The highest BCUT2D eigenvalue weighted by atomic mass is 32.2. The number of fused-ring (bicyclic) bond motifs is 1. The van der Waals surface area contributed by atoms with E-state index in [2.05, 4.69) is 25.1 Å². The van der Waals surface area contributed by atoms with E-state index in [9.17, 15) is 4.79 Å². The van der Waals surface area contributed by atoms with E-state index in [-0.39, 0.29) is 10.8 Å². The number of H-pyrrole nitrogens is 2. The lowest BCUT2D eigenvalue weighted by atomic mass is 10.2. The van der Waals surface area contributed by atoms with E-state index >= 15 is 0 Å². The molecule has 0 fully saturated rings. The van der Waals surface area contributed by atoms with Crippen molar-refractivity contribution in [2.75, 3.05) is 14.2 Å². The van der Waals surface area contributed by atoms with Crippen molar-refractivity contribution in [3.63, 3.8) is 0 Å². The molecule has 8 nitrogen and oxygen atoms in total. The van der Waals surface area contributed by atoms with Crippen molar-refractivity contribution in [3.8, 4) is 22.9 Å². The second kappa shape index (κ2) is 7.96. The number of para-hydroxylation sites is 1. The number of methoxy groups -OCH3 is 2. The molecule has 1 unspecified atom stereocenters. The Morgan fingerprint density at radius 2 is 1.90 bits per heavy atom. The number of nitrogens with zero attached hydrogens (tertiary/aromatic N) is 3. The smallest absolute Gasteiger partial charge is 0.258 e. The first-order valence-corrected chi connectivity index (χ1v) is 9.77. The Bertz CT molecular complexity index is 1220. The third kappa shape index (κ3) is 3.81. The Morgan fingerprint density at radius 3 is 2.69 bits per heavy atom. The molecule has 1 atom stereocenters. The highest BCUT2D eigenvalue weighted by Crippen LogP contribution is 2.35. The third-order valence-corrected chi connectivity index (χ3v) is 5.40. The number of hydrogen-bond acceptors (Lipinski definition) is 7. The summed E-state index contributed by atoms with van der Waals surface area (Å²) >= 11 is 1.40. The van der Waals surface area contributed by atoms with Crippen LogP contribution in [-0.2, 0) is 0 Å². The van der Waals surface area contributed by atoms with Gasteiger partial charge in [-0.1, -0.05) is 23.9 Å². The fourth-order valence-corrected chi connectivity index (χ4v) is 3.71. The Kier molecular flexibility index (Phi) is 5.22. The molecule has 9 heteroatoms. The van der Waals surface area contributed by atoms with Gasteiger partial charge in [-0.2, -0.15) is 0 Å². The van der Waals surface area contributed by atoms with E-state index in [1.807, 2.05) is 37.3 Å². The topological polar surface area (TPSA) is 106 Å². The van der Waals surface area contributed by atoms with E-state index in [1.165, 1.54) is 11.8 Å². The summed E-state index contributed by atoms with van der Waals surface area (Å²) in [7, 11) is 3.19. The predicted octanol–water partition coefficient (Wildman–Crippen LogP) is 3.58. The molecular formula is C20H19N5O3S. The van der Waals surface area contributed by atoms with Gasteiger partial charge in [-0.25, -0.2) is 9.97 Å². The van der Waals surface area contributed by atoms with Crippen molar-refractivity contribution < 1.29 is 9.47 Å². The van der Waals surface area contributed by atoms with E-state index in [4.69, 9.17) is 9.47 Å². The van der Waals surface area contributed by atoms with E-state index in [0.717, 1.165) is 5.56 Å². The van der Waals surface area contributed by atoms with Crippen LogP contribution >= 0.6 is 11.8 Å². The van der Waals surface area contributed by atoms with Crippen LogP contribution in [0.5, 0.6) is 11.5 Å². The summed E-state index contributed by atoms with van der Waals surface area (Å²) in [4.78, 5) is 24.3. The van der Waals surface area contributed by atoms with Crippen molar-refractivity contribution in [3.05, 3.63) is 58.6 Å². The first kappa shape index (κ1) is 19.0. The molecule has 2 heterocycles. The number of nitrogens with one attached hydrogen (secondary N) is 2. The Balaban J connectivity index is 1.59. The minimum atomic E-state index is -0.156. The highest BCUT2D eigenvalue weighted by Gasteiger charge is 2.17. The average molecular weight is 409 g/mol. The molecule has 0 spiro atoms. The summed E-state index contributed by atoms with van der Waals surface area (Å²) < 4.78 is 10.7. The molecule has 0 saturated heterocycles. The van der Waals surface area contributed by atoms with Gasteiger partial charge >= 0.3 is 0 Å². The number of rotatable bonds is 6. The average Bonchev–Trinajstić information content (AvgIpc) is 3.21. The predicted molar refractivity (Wildman–Crippen MR) is 112 cm³/mol. The lowest BCUT2D eigenvalue weighted by Gasteiger charge is -2.09. The summed E-state index contributed by atoms with van der Waals surface area (Å²) in [5, 5.41) is 8.19. The summed E-state index contributed by atoms with van der Waals surface area (Å²) in [6.45, 7) is 1.95. The maximum Gasteiger partial charge on any atom is 0.258 e. The highest BCUT2D eigenvalue weighted by molar-refractivity contribution is 7.99. The first-order chi connectivity index (χ1) is 14.1. The largest absolute Gasteiger partial charge is 0.497 e. The van der Waals surface area contributed by atoms with Crippen LogP contribution < -0.4 is 15.0 Å². The molecule has 0 radical (unpaired) electrons. The molecule has 4 rings (SSSR count). The number of thioether (sulfide) groups is 1. The maximum atomic E-state index is 12.3. The lowest BCUT2D eigenvalue weighted by molar-refractivity contribution is 0.395. The van der Waals surface area contributed by atoms with Gasteiger partial charge in [-0.15, -0.1) is 5.10 Å². The molecular weight excluding hydrogens is 390 g/mol. The summed E-state index contributed by atoms with van der Waals surface area (Å²) in [5.41, 5.74) is 1.28. The van der Waals surface area contributed by atoms with Crippen LogP contribution in [0.1, 0.15) is 18.0 Å². The molecule has 29 heavy (non-hydrogen) atoms. The molecule has 0 bridgehead atoms. The third-order valence-electron chi connectivity index (χ3n) is 4.43. The number of aromatic nitrogens is 5. The van der Waals surface area contributed by atoms with Gasteiger partial charge in [-0.3, -0.25) is 9.89 Å². The van der Waals surface area contributed by atoms with Gasteiger partial charge in [0.05, 0.1) is 35.9 Å². The molecule has 4 aromatic rings. The SMILES string of the molecule is COc1ccc(-c2nc(SC(C)c3nc4ccccc4c(=O)[nH]3)n[nH]2)c(OC)c1. The quantitative estimate of drug-likeness (QED) is 0.469. The molecule has 0 saturated carbocycles. The normalized spacial score (nSPS) is 12.1. The van der Waals surface area contributed by atoms with Crippen LogP contribution in [0.4, 0.5) is 0 Å². The number of hydrogen-bond donors (Lipinski definition) is 2. The van der Waals surface area contributed by atoms with Crippen molar-refractivity contribution in [1.29, 1.82) is 0 Å².